The van der Waals surface area contributed by atoms with Gasteiger partial charge in [0, 0.05) is 72.2 Å². The molecule has 0 fully saturated rings. The molecule has 1 N–H and O–H groups in total. The average molecular weight is 737 g/mol. The molecule has 0 saturated heterocycles. The highest BCUT2D eigenvalue weighted by Crippen LogP contribution is 2.52. The summed E-state index contributed by atoms with van der Waals surface area (Å²) in [6.07, 6.45) is 8.52. The van der Waals surface area contributed by atoms with Gasteiger partial charge in [-0.25, -0.2) is 9.59 Å². The summed E-state index contributed by atoms with van der Waals surface area (Å²) in [5.74, 6) is -1.88. The number of aromatic nitrogens is 1. The van der Waals surface area contributed by atoms with Crippen molar-refractivity contribution in [1.82, 2.24) is 4.98 Å². The number of hydrogen-bond acceptors (Lipinski definition) is 11. The number of rotatable bonds is 9. The van der Waals surface area contributed by atoms with Crippen LogP contribution in [0.3, 0.4) is 0 Å². The summed E-state index contributed by atoms with van der Waals surface area (Å²) in [5.41, 5.74) is 10.8. The summed E-state index contributed by atoms with van der Waals surface area (Å²) < 4.78 is 20.5. The predicted molar refractivity (Wildman–Crippen MR) is 205 cm³/mol. The number of carbonyl (C=O) groups excluding carboxylic acids is 4. The average Bonchev–Trinajstić information content (AvgIpc) is 3.82. The molecule has 0 amide bonds. The molecule has 3 unspecified atom stereocenters. The third-order valence-electron chi connectivity index (χ3n) is 11.7. The maximum Gasteiger partial charge on any atom is 0.335 e. The van der Waals surface area contributed by atoms with Crippen LogP contribution in [0, 0.1) is 18.3 Å². The molecule has 284 valence electrons. The third kappa shape index (κ3) is 6.56. The highest BCUT2D eigenvalue weighted by Gasteiger charge is 2.51. The number of fused-ring (bicyclic) bond motifs is 8. The fourth-order valence-corrected chi connectivity index (χ4v) is 8.56. The number of aliphatic imine (C=N–C) groups is 3. The van der Waals surface area contributed by atoms with Crippen LogP contribution in [0.4, 0.5) is 0 Å². The Hall–Kier alpha value is -5.39. The van der Waals surface area contributed by atoms with E-state index in [0.29, 0.717) is 43.5 Å². The van der Waals surface area contributed by atoms with E-state index in [2.05, 4.69) is 18.5 Å². The molecule has 8 bridgehead atoms. The molecule has 12 nitrogen and oxygen atoms in total. The smallest absolute Gasteiger partial charge is 0.335 e. The normalized spacial score (nSPS) is 23.2. The van der Waals surface area contributed by atoms with E-state index in [4.69, 9.17) is 33.9 Å². The van der Waals surface area contributed by atoms with Gasteiger partial charge in [0.25, 0.3) is 0 Å². The van der Waals surface area contributed by atoms with Gasteiger partial charge in [-0.2, -0.15) is 0 Å². The second-order valence-corrected chi connectivity index (χ2v) is 14.4. The number of hydrogen-bond donors (Lipinski definition) is 1. The number of nitrogens with one attached hydrogen (secondary N) is 1. The summed E-state index contributed by atoms with van der Waals surface area (Å²) in [7, 11) is 5.37. The Balaban J connectivity index is 1.58. The fraction of sp³-hybridized carbons (Fsp3) is 0.452. The van der Waals surface area contributed by atoms with Gasteiger partial charge in [0.15, 0.2) is 0 Å². The number of aromatic amines is 1. The minimum Gasteiger partial charge on any atom is -0.469 e. The molecular formula is C42H48N4O8. The molecule has 0 radical (unpaired) electrons. The summed E-state index contributed by atoms with van der Waals surface area (Å²) in [4.78, 5) is 71.0. The Morgan fingerprint density at radius 3 is 2.26 bits per heavy atom. The lowest BCUT2D eigenvalue weighted by molar-refractivity contribution is -0.141. The Kier molecular flexibility index (Phi) is 10.8. The van der Waals surface area contributed by atoms with Crippen LogP contribution in [0.2, 0.25) is 0 Å². The maximum absolute atomic E-state index is 13.7. The van der Waals surface area contributed by atoms with Crippen molar-refractivity contribution in [2.75, 3.05) is 28.4 Å². The molecule has 0 spiro atoms. The van der Waals surface area contributed by atoms with Crippen LogP contribution in [0.25, 0.3) is 6.08 Å². The van der Waals surface area contributed by atoms with E-state index in [1.54, 1.807) is 0 Å². The van der Waals surface area contributed by atoms with Gasteiger partial charge in [0.05, 0.1) is 56.7 Å². The minimum atomic E-state index is -1.13. The van der Waals surface area contributed by atoms with Crippen LogP contribution < -0.4 is 0 Å². The number of methoxy groups -OCH3 is 4. The molecule has 4 aliphatic heterocycles. The number of ether oxygens (including phenoxy) is 4. The molecule has 5 aliphatic rings. The largest absolute Gasteiger partial charge is 0.469 e. The molecule has 12 heteroatoms. The standard InChI is InChI=1S/C42H48N4O8/c1-10-24-21(2)29-17-30-22(3)25(12-15-37(47)51-6)32(43-30)19-33-26(13-16-38(48)52-7)23(4)31(44-33)18-35-28-14-11-27(40(49)53-8)39(41(50)54-9)42(28,5)36(46-35)20-34(24)45-29/h10,14,18,22,31,45H,1,11-13,15-17,19-20H2,2-9H3. The first kappa shape index (κ1) is 38.3. The first-order valence-electron chi connectivity index (χ1n) is 18.2. The van der Waals surface area contributed by atoms with Crippen LogP contribution in [-0.2, 0) is 51.0 Å². The van der Waals surface area contributed by atoms with E-state index in [1.807, 2.05) is 39.0 Å². The van der Waals surface area contributed by atoms with Crippen molar-refractivity contribution in [2.45, 2.75) is 85.1 Å². The van der Waals surface area contributed by atoms with Gasteiger partial charge < -0.3 is 23.9 Å². The van der Waals surface area contributed by atoms with Crippen molar-refractivity contribution in [3.63, 3.8) is 0 Å². The van der Waals surface area contributed by atoms with Crippen LogP contribution in [0.5, 0.6) is 0 Å². The van der Waals surface area contributed by atoms with Crippen LogP contribution in [0.1, 0.15) is 81.8 Å². The van der Waals surface area contributed by atoms with Gasteiger partial charge in [-0.05, 0) is 79.5 Å². The van der Waals surface area contributed by atoms with Crippen molar-refractivity contribution in [3.05, 3.63) is 86.1 Å². The lowest BCUT2D eigenvalue weighted by atomic mass is 9.66. The molecule has 6 rings (SSSR count). The molecule has 0 saturated carbocycles. The highest BCUT2D eigenvalue weighted by molar-refractivity contribution is 6.13. The zero-order valence-electron chi connectivity index (χ0n) is 32.4. The SMILES string of the molecule is C=Cc1c2[nH]c(c1C)CC1=NC(=C(CCC(=O)OC)C1C)CC1=NC(C=C3N=C(C2)C2(C)C3=CCC(C(=O)OC)=C2C(=O)OC)C(C)=C1CCC(=O)OC. The molecule has 1 aromatic rings. The van der Waals surface area contributed by atoms with Crippen molar-refractivity contribution >= 4 is 47.1 Å². The lowest BCUT2D eigenvalue weighted by Gasteiger charge is -2.34. The number of esters is 4. The molecule has 3 atom stereocenters. The van der Waals surface area contributed by atoms with Crippen LogP contribution in [-0.4, -0.2) is 80.5 Å². The topological polar surface area (TPSA) is 158 Å². The zero-order valence-corrected chi connectivity index (χ0v) is 32.4. The van der Waals surface area contributed by atoms with Gasteiger partial charge in [-0.3, -0.25) is 24.6 Å². The van der Waals surface area contributed by atoms with E-state index in [9.17, 15) is 19.2 Å². The van der Waals surface area contributed by atoms with Gasteiger partial charge in [0.2, 0.25) is 0 Å². The monoisotopic (exact) mass is 736 g/mol. The second-order valence-electron chi connectivity index (χ2n) is 14.4. The van der Waals surface area contributed by atoms with Gasteiger partial charge in [0.1, 0.15) is 0 Å². The lowest BCUT2D eigenvalue weighted by Crippen LogP contribution is -2.38. The van der Waals surface area contributed by atoms with Crippen molar-refractivity contribution in [3.8, 4) is 0 Å². The molecule has 5 heterocycles. The van der Waals surface area contributed by atoms with Crippen LogP contribution >= 0.6 is 0 Å². The fourth-order valence-electron chi connectivity index (χ4n) is 8.56. The summed E-state index contributed by atoms with van der Waals surface area (Å²) in [6, 6.07) is -0.430. The number of carbonyl (C=O) groups is 4. The third-order valence-corrected chi connectivity index (χ3v) is 11.7. The van der Waals surface area contributed by atoms with Crippen molar-refractivity contribution < 1.29 is 38.1 Å². The minimum absolute atomic E-state index is 0.0408. The number of allylic oxidation sites excluding steroid dienone is 5. The second kappa shape index (κ2) is 15.2. The van der Waals surface area contributed by atoms with E-state index >= 15 is 0 Å². The van der Waals surface area contributed by atoms with Crippen molar-refractivity contribution in [1.29, 1.82) is 0 Å². The summed E-state index contributed by atoms with van der Waals surface area (Å²) in [5, 5.41) is 0. The predicted octanol–water partition coefficient (Wildman–Crippen LogP) is 6.16. The van der Waals surface area contributed by atoms with Gasteiger partial charge in [-0.1, -0.05) is 25.7 Å². The van der Waals surface area contributed by atoms with Gasteiger partial charge in [-0.15, -0.1) is 0 Å². The van der Waals surface area contributed by atoms with E-state index in [-0.39, 0.29) is 48.3 Å². The summed E-state index contributed by atoms with van der Waals surface area (Å²) >= 11 is 0. The van der Waals surface area contributed by atoms with Crippen LogP contribution in [0.15, 0.2) is 78.5 Å². The Labute approximate surface area is 315 Å². The Morgan fingerprint density at radius 1 is 0.926 bits per heavy atom. The van der Waals surface area contributed by atoms with E-state index in [1.165, 1.54) is 28.4 Å². The zero-order chi connectivity index (χ0) is 39.1. The van der Waals surface area contributed by atoms with E-state index in [0.717, 1.165) is 61.9 Å². The Morgan fingerprint density at radius 2 is 1.61 bits per heavy atom. The van der Waals surface area contributed by atoms with E-state index < -0.39 is 23.4 Å². The van der Waals surface area contributed by atoms with Crippen molar-refractivity contribution in [2.24, 2.45) is 26.3 Å². The Bertz CT molecular complexity index is 2120. The number of nitrogens with zero attached hydrogens (tertiary/aromatic N) is 3. The molecule has 0 aromatic carbocycles. The first-order chi connectivity index (χ1) is 25.8. The highest BCUT2D eigenvalue weighted by atomic mass is 16.5. The molecular weight excluding hydrogens is 688 g/mol. The van der Waals surface area contributed by atoms with Gasteiger partial charge >= 0.3 is 23.9 Å². The molecule has 1 aliphatic carbocycles. The number of H-pyrrole nitrogens is 1. The maximum atomic E-state index is 13.7. The molecule has 1 aromatic heterocycles. The summed E-state index contributed by atoms with van der Waals surface area (Å²) in [6.45, 7) is 12.2. The first-order valence-corrected chi connectivity index (χ1v) is 18.2. The molecule has 54 heavy (non-hydrogen) atoms. The quantitative estimate of drug-likeness (QED) is 0.233.